The first-order valence-electron chi connectivity index (χ1n) is 5.50. The highest BCUT2D eigenvalue weighted by Gasteiger charge is 2.51. The standard InChI is InChI=1S/C10H16N4O2/c1-2-12-10(9(15)16,8-3-4-8)5-14-7-11-6-13-14/h6-8,12H,2-5H2,1H3,(H,15,16). The molecule has 6 nitrogen and oxygen atoms in total. The van der Waals surface area contributed by atoms with Gasteiger partial charge in [0.05, 0.1) is 6.54 Å². The highest BCUT2D eigenvalue weighted by atomic mass is 16.4. The normalized spacial score (nSPS) is 19.3. The van der Waals surface area contributed by atoms with Gasteiger partial charge in [-0.1, -0.05) is 6.92 Å². The zero-order valence-electron chi connectivity index (χ0n) is 9.26. The zero-order valence-corrected chi connectivity index (χ0v) is 9.26. The quantitative estimate of drug-likeness (QED) is 0.717. The molecule has 0 bridgehead atoms. The lowest BCUT2D eigenvalue weighted by Crippen LogP contribution is -2.57. The molecular formula is C10H16N4O2. The first-order chi connectivity index (χ1) is 7.69. The van der Waals surface area contributed by atoms with E-state index in [9.17, 15) is 9.90 Å². The van der Waals surface area contributed by atoms with E-state index < -0.39 is 11.5 Å². The molecule has 0 amide bonds. The summed E-state index contributed by atoms with van der Waals surface area (Å²) >= 11 is 0. The minimum Gasteiger partial charge on any atom is -0.480 e. The fourth-order valence-corrected chi connectivity index (χ4v) is 2.11. The van der Waals surface area contributed by atoms with Gasteiger partial charge in [-0.2, -0.15) is 5.10 Å². The van der Waals surface area contributed by atoms with Crippen molar-refractivity contribution in [3.8, 4) is 0 Å². The number of likely N-dealkylation sites (N-methyl/N-ethyl adjacent to an activating group) is 1. The molecule has 0 aliphatic heterocycles. The maximum atomic E-state index is 11.5. The van der Waals surface area contributed by atoms with Crippen LogP contribution in [0.3, 0.4) is 0 Å². The molecule has 0 radical (unpaired) electrons. The van der Waals surface area contributed by atoms with Gasteiger partial charge in [-0.3, -0.25) is 9.48 Å². The molecule has 1 aliphatic rings. The number of aromatic nitrogens is 3. The van der Waals surface area contributed by atoms with E-state index >= 15 is 0 Å². The van der Waals surface area contributed by atoms with Gasteiger partial charge >= 0.3 is 5.97 Å². The maximum Gasteiger partial charge on any atom is 0.326 e. The molecule has 0 spiro atoms. The fourth-order valence-electron chi connectivity index (χ4n) is 2.11. The van der Waals surface area contributed by atoms with Crippen LogP contribution in [0.15, 0.2) is 12.7 Å². The van der Waals surface area contributed by atoms with Gasteiger partial charge in [-0.05, 0) is 25.3 Å². The summed E-state index contributed by atoms with van der Waals surface area (Å²) in [6.45, 7) is 2.89. The van der Waals surface area contributed by atoms with Crippen LogP contribution in [0.4, 0.5) is 0 Å². The first kappa shape index (κ1) is 11.1. The van der Waals surface area contributed by atoms with Gasteiger partial charge in [-0.15, -0.1) is 0 Å². The van der Waals surface area contributed by atoms with Crippen molar-refractivity contribution in [3.05, 3.63) is 12.7 Å². The molecule has 0 aromatic carbocycles. The summed E-state index contributed by atoms with van der Waals surface area (Å²) in [5, 5.41) is 16.5. The number of rotatable bonds is 6. The summed E-state index contributed by atoms with van der Waals surface area (Å²) < 4.78 is 1.58. The second kappa shape index (κ2) is 4.21. The molecule has 0 saturated heterocycles. The molecule has 1 atom stereocenters. The van der Waals surface area contributed by atoms with Gasteiger partial charge in [-0.25, -0.2) is 4.98 Å². The second-order valence-corrected chi connectivity index (χ2v) is 4.17. The molecule has 1 heterocycles. The minimum absolute atomic E-state index is 0.203. The molecule has 1 unspecified atom stereocenters. The molecule has 1 aromatic rings. The Morgan fingerprint density at radius 2 is 2.44 bits per heavy atom. The molecule has 6 heteroatoms. The van der Waals surface area contributed by atoms with Crippen LogP contribution >= 0.6 is 0 Å². The molecule has 1 saturated carbocycles. The molecular weight excluding hydrogens is 208 g/mol. The maximum absolute atomic E-state index is 11.5. The van der Waals surface area contributed by atoms with E-state index in [4.69, 9.17) is 0 Å². The van der Waals surface area contributed by atoms with Crippen molar-refractivity contribution in [1.29, 1.82) is 0 Å². The van der Waals surface area contributed by atoms with E-state index in [2.05, 4.69) is 15.4 Å². The molecule has 1 fully saturated rings. The number of nitrogens with zero attached hydrogens (tertiary/aromatic N) is 3. The van der Waals surface area contributed by atoms with E-state index in [1.54, 1.807) is 11.0 Å². The number of hydrogen-bond acceptors (Lipinski definition) is 4. The average molecular weight is 224 g/mol. The van der Waals surface area contributed by atoms with Gasteiger partial charge in [0.25, 0.3) is 0 Å². The van der Waals surface area contributed by atoms with Crippen molar-refractivity contribution in [3.63, 3.8) is 0 Å². The van der Waals surface area contributed by atoms with Crippen molar-refractivity contribution < 1.29 is 9.90 Å². The minimum atomic E-state index is -0.886. The molecule has 1 aromatic heterocycles. The van der Waals surface area contributed by atoms with Crippen LogP contribution < -0.4 is 5.32 Å². The largest absolute Gasteiger partial charge is 0.480 e. The molecule has 2 N–H and O–H groups in total. The Bertz CT molecular complexity index is 361. The summed E-state index contributed by atoms with van der Waals surface area (Å²) in [6.07, 6.45) is 4.91. The van der Waals surface area contributed by atoms with Crippen molar-refractivity contribution in [2.45, 2.75) is 31.8 Å². The topological polar surface area (TPSA) is 80.0 Å². The number of nitrogens with one attached hydrogen (secondary N) is 1. The van der Waals surface area contributed by atoms with E-state index in [1.165, 1.54) is 6.33 Å². The Morgan fingerprint density at radius 1 is 1.69 bits per heavy atom. The number of carbonyl (C=O) groups is 1. The third-order valence-electron chi connectivity index (χ3n) is 3.03. The second-order valence-electron chi connectivity index (χ2n) is 4.17. The summed E-state index contributed by atoms with van der Waals surface area (Å²) in [5.74, 6) is -0.596. The molecule has 16 heavy (non-hydrogen) atoms. The third kappa shape index (κ3) is 1.92. The number of aliphatic carboxylic acids is 1. The Labute approximate surface area is 93.7 Å². The van der Waals surface area contributed by atoms with Crippen molar-refractivity contribution in [1.82, 2.24) is 20.1 Å². The highest BCUT2D eigenvalue weighted by molar-refractivity contribution is 5.79. The van der Waals surface area contributed by atoms with E-state index in [-0.39, 0.29) is 5.92 Å². The Balaban J connectivity index is 2.21. The fraction of sp³-hybridized carbons (Fsp3) is 0.700. The smallest absolute Gasteiger partial charge is 0.326 e. The Hall–Kier alpha value is -1.43. The van der Waals surface area contributed by atoms with Gasteiger partial charge < -0.3 is 10.4 Å². The molecule has 88 valence electrons. The average Bonchev–Trinajstić information content (AvgIpc) is 2.98. The van der Waals surface area contributed by atoms with Crippen LogP contribution in [0.5, 0.6) is 0 Å². The van der Waals surface area contributed by atoms with Gasteiger partial charge in [0.2, 0.25) is 0 Å². The van der Waals surface area contributed by atoms with Crippen LogP contribution in [0, 0.1) is 5.92 Å². The van der Waals surface area contributed by atoms with E-state index in [0.29, 0.717) is 13.1 Å². The van der Waals surface area contributed by atoms with Crippen LogP contribution in [0.1, 0.15) is 19.8 Å². The van der Waals surface area contributed by atoms with Crippen LogP contribution in [-0.4, -0.2) is 37.9 Å². The zero-order chi connectivity index (χ0) is 11.6. The first-order valence-corrected chi connectivity index (χ1v) is 5.50. The highest BCUT2D eigenvalue weighted by Crippen LogP contribution is 2.40. The lowest BCUT2D eigenvalue weighted by Gasteiger charge is -2.30. The summed E-state index contributed by atoms with van der Waals surface area (Å²) in [6, 6.07) is 0. The lowest BCUT2D eigenvalue weighted by atomic mass is 9.93. The number of carboxylic acid groups (broad SMARTS) is 1. The van der Waals surface area contributed by atoms with Gasteiger partial charge in [0.1, 0.15) is 18.2 Å². The molecule has 2 rings (SSSR count). The van der Waals surface area contributed by atoms with Crippen LogP contribution in [-0.2, 0) is 11.3 Å². The Kier molecular flexibility index (Phi) is 2.91. The number of hydrogen-bond donors (Lipinski definition) is 2. The van der Waals surface area contributed by atoms with Crippen molar-refractivity contribution in [2.24, 2.45) is 5.92 Å². The van der Waals surface area contributed by atoms with Crippen LogP contribution in [0.2, 0.25) is 0 Å². The number of carboxylic acids is 1. The molecule has 1 aliphatic carbocycles. The third-order valence-corrected chi connectivity index (χ3v) is 3.03. The lowest BCUT2D eigenvalue weighted by molar-refractivity contribution is -0.146. The van der Waals surface area contributed by atoms with Gasteiger partial charge in [0.15, 0.2) is 0 Å². The van der Waals surface area contributed by atoms with Crippen molar-refractivity contribution in [2.75, 3.05) is 6.54 Å². The predicted octanol–water partition coefficient (Wildman–Crippen LogP) is 0.121. The Morgan fingerprint density at radius 3 is 2.88 bits per heavy atom. The van der Waals surface area contributed by atoms with E-state index in [0.717, 1.165) is 12.8 Å². The summed E-state index contributed by atoms with van der Waals surface area (Å²) in [4.78, 5) is 15.3. The van der Waals surface area contributed by atoms with E-state index in [1.807, 2.05) is 6.92 Å². The van der Waals surface area contributed by atoms with Gasteiger partial charge in [0, 0.05) is 0 Å². The predicted molar refractivity (Wildman–Crippen MR) is 56.8 cm³/mol. The van der Waals surface area contributed by atoms with Crippen molar-refractivity contribution >= 4 is 5.97 Å². The monoisotopic (exact) mass is 224 g/mol. The summed E-state index contributed by atoms with van der Waals surface area (Å²) in [5.41, 5.74) is -0.886. The van der Waals surface area contributed by atoms with Crippen LogP contribution in [0.25, 0.3) is 0 Å². The summed E-state index contributed by atoms with van der Waals surface area (Å²) in [7, 11) is 0. The SMILES string of the molecule is CCNC(Cn1cncn1)(C(=O)O)C1CC1.